The molecule has 0 aliphatic carbocycles. The minimum Gasteiger partial charge on any atom is -0.444 e. The average Bonchev–Trinajstić information content (AvgIpc) is 3.38. The van der Waals surface area contributed by atoms with E-state index >= 15 is 0 Å². The molecule has 164 valence electrons. The largest absolute Gasteiger partial charge is 0.444 e. The number of fused-ring (bicyclic) bond motifs is 1. The molecule has 0 unspecified atom stereocenters. The normalized spacial score (nSPS) is 16.7. The van der Waals surface area contributed by atoms with Crippen molar-refractivity contribution in [2.24, 2.45) is 5.92 Å². The number of H-pyrrole nitrogens is 1. The van der Waals surface area contributed by atoms with Gasteiger partial charge in [-0.25, -0.2) is 9.78 Å². The summed E-state index contributed by atoms with van der Waals surface area (Å²) in [6, 6.07) is 6.06. The highest BCUT2D eigenvalue weighted by Gasteiger charge is 2.33. The first-order valence-corrected chi connectivity index (χ1v) is 11.1. The maximum absolute atomic E-state index is 12.8. The van der Waals surface area contributed by atoms with Crippen molar-refractivity contribution in [3.8, 4) is 11.1 Å². The van der Waals surface area contributed by atoms with E-state index in [1.165, 1.54) is 11.3 Å². The minimum atomic E-state index is -0.551. The van der Waals surface area contributed by atoms with Crippen LogP contribution in [0, 0.1) is 19.8 Å². The fourth-order valence-corrected chi connectivity index (χ4v) is 4.69. The number of likely N-dealkylation sites (tertiary alicyclic amines) is 1. The molecular formula is C22H27N5O3S. The van der Waals surface area contributed by atoms with Crippen LogP contribution < -0.4 is 5.32 Å². The molecule has 3 heterocycles. The van der Waals surface area contributed by atoms with Crippen molar-refractivity contribution in [2.75, 3.05) is 18.4 Å². The van der Waals surface area contributed by atoms with Crippen LogP contribution in [0.3, 0.4) is 0 Å². The van der Waals surface area contributed by atoms with Crippen molar-refractivity contribution in [1.29, 1.82) is 0 Å². The molecule has 1 aromatic carbocycles. The summed E-state index contributed by atoms with van der Waals surface area (Å²) in [6.07, 6.45) is 0.235. The van der Waals surface area contributed by atoms with Gasteiger partial charge in [-0.1, -0.05) is 17.4 Å². The molecule has 31 heavy (non-hydrogen) atoms. The maximum atomic E-state index is 12.8. The van der Waals surface area contributed by atoms with Gasteiger partial charge in [-0.2, -0.15) is 5.10 Å². The zero-order chi connectivity index (χ0) is 22.3. The summed E-state index contributed by atoms with van der Waals surface area (Å²) in [5, 5.41) is 10.8. The summed E-state index contributed by atoms with van der Waals surface area (Å²) in [4.78, 5) is 31.1. The molecule has 8 nitrogen and oxygen atoms in total. The number of nitrogens with zero attached hydrogens (tertiary/aromatic N) is 3. The molecule has 2 amide bonds. The molecule has 0 saturated carbocycles. The van der Waals surface area contributed by atoms with Crippen LogP contribution in [0.5, 0.6) is 0 Å². The number of benzene rings is 1. The standard InChI is InChI=1S/C22H27N5O3S/c1-12-18(13(2)26-25-12)14-6-7-16-17(10-14)31-20(23-16)24-19(28)15-8-9-27(11-15)21(29)30-22(3,4)5/h6-7,10,15H,8-9,11H2,1-5H3,(H,25,26)(H,23,24,28)/t15-/m0/s1. The summed E-state index contributed by atoms with van der Waals surface area (Å²) < 4.78 is 6.40. The maximum Gasteiger partial charge on any atom is 0.410 e. The van der Waals surface area contributed by atoms with Crippen LogP contribution in [0.25, 0.3) is 21.3 Å². The summed E-state index contributed by atoms with van der Waals surface area (Å²) >= 11 is 1.44. The van der Waals surface area contributed by atoms with Crippen molar-refractivity contribution in [3.05, 3.63) is 29.6 Å². The molecule has 3 aromatic rings. The molecule has 1 fully saturated rings. The fraction of sp³-hybridized carbons (Fsp3) is 0.455. The van der Waals surface area contributed by atoms with Gasteiger partial charge in [0, 0.05) is 24.3 Å². The van der Waals surface area contributed by atoms with Crippen LogP contribution in [0.4, 0.5) is 9.93 Å². The van der Waals surface area contributed by atoms with Crippen LogP contribution >= 0.6 is 11.3 Å². The third-order valence-corrected chi connectivity index (χ3v) is 6.18. The lowest BCUT2D eigenvalue weighted by Gasteiger charge is -2.24. The highest BCUT2D eigenvalue weighted by Crippen LogP contribution is 2.33. The SMILES string of the molecule is Cc1n[nH]c(C)c1-c1ccc2nc(NC(=O)[C@H]3CCN(C(=O)OC(C)(C)C)C3)sc2c1. The molecule has 9 heteroatoms. The van der Waals surface area contributed by atoms with E-state index in [2.05, 4.69) is 26.6 Å². The summed E-state index contributed by atoms with van der Waals surface area (Å²) in [7, 11) is 0. The van der Waals surface area contributed by atoms with Gasteiger partial charge in [-0.05, 0) is 58.7 Å². The van der Waals surface area contributed by atoms with E-state index in [0.29, 0.717) is 24.6 Å². The Morgan fingerprint density at radius 2 is 2.06 bits per heavy atom. The van der Waals surface area contributed by atoms with E-state index in [1.54, 1.807) is 4.90 Å². The third kappa shape index (κ3) is 4.56. The Morgan fingerprint density at radius 1 is 1.29 bits per heavy atom. The highest BCUT2D eigenvalue weighted by molar-refractivity contribution is 7.22. The van der Waals surface area contributed by atoms with Crippen LogP contribution in [-0.2, 0) is 9.53 Å². The Bertz CT molecular complexity index is 1120. The van der Waals surface area contributed by atoms with Gasteiger partial charge in [0.2, 0.25) is 5.91 Å². The molecule has 0 bridgehead atoms. The van der Waals surface area contributed by atoms with E-state index in [1.807, 2.05) is 46.8 Å². The lowest BCUT2D eigenvalue weighted by molar-refractivity contribution is -0.119. The predicted molar refractivity (Wildman–Crippen MR) is 121 cm³/mol. The first-order chi connectivity index (χ1) is 14.6. The van der Waals surface area contributed by atoms with Crippen LogP contribution in [0.1, 0.15) is 38.6 Å². The Hall–Kier alpha value is -2.94. The average molecular weight is 442 g/mol. The Balaban J connectivity index is 1.44. The fourth-order valence-electron chi connectivity index (χ4n) is 3.78. The van der Waals surface area contributed by atoms with Crippen molar-refractivity contribution in [3.63, 3.8) is 0 Å². The molecule has 1 atom stereocenters. The van der Waals surface area contributed by atoms with Gasteiger partial charge in [-0.3, -0.25) is 9.89 Å². The molecule has 2 aromatic heterocycles. The van der Waals surface area contributed by atoms with Gasteiger partial charge in [0.1, 0.15) is 5.60 Å². The topological polar surface area (TPSA) is 100 Å². The second-order valence-electron chi connectivity index (χ2n) is 8.91. The monoisotopic (exact) mass is 441 g/mol. The number of carbonyl (C=O) groups excluding carboxylic acids is 2. The van der Waals surface area contributed by atoms with Gasteiger partial charge in [0.05, 0.1) is 21.8 Å². The zero-order valence-corrected chi connectivity index (χ0v) is 19.2. The number of aromatic amines is 1. The van der Waals surface area contributed by atoms with Crippen LogP contribution in [0.2, 0.25) is 0 Å². The number of thiazole rings is 1. The molecule has 1 saturated heterocycles. The van der Waals surface area contributed by atoms with Gasteiger partial charge in [-0.15, -0.1) is 0 Å². The quantitative estimate of drug-likeness (QED) is 0.623. The molecule has 1 aliphatic rings. The number of ether oxygens (including phenoxy) is 1. The van der Waals surface area contributed by atoms with Crippen molar-refractivity contribution in [1.82, 2.24) is 20.1 Å². The predicted octanol–water partition coefficient (Wildman–Crippen LogP) is 4.50. The van der Waals surface area contributed by atoms with Gasteiger partial charge < -0.3 is 15.0 Å². The van der Waals surface area contributed by atoms with E-state index < -0.39 is 5.60 Å². The van der Waals surface area contributed by atoms with Crippen molar-refractivity contribution in [2.45, 2.75) is 46.6 Å². The lowest BCUT2D eigenvalue weighted by Crippen LogP contribution is -2.36. The second-order valence-corrected chi connectivity index (χ2v) is 9.94. The minimum absolute atomic E-state index is 0.119. The molecule has 0 spiro atoms. The van der Waals surface area contributed by atoms with E-state index in [-0.39, 0.29) is 17.9 Å². The van der Waals surface area contributed by atoms with Gasteiger partial charge >= 0.3 is 6.09 Å². The Kier molecular flexibility index (Phi) is 5.47. The number of hydrogen-bond acceptors (Lipinski definition) is 6. The molecule has 2 N–H and O–H groups in total. The summed E-state index contributed by atoms with van der Waals surface area (Å²) in [5.41, 5.74) is 4.42. The van der Waals surface area contributed by atoms with E-state index in [4.69, 9.17) is 4.74 Å². The van der Waals surface area contributed by atoms with E-state index in [0.717, 1.165) is 32.7 Å². The van der Waals surface area contributed by atoms with Gasteiger partial charge in [0.15, 0.2) is 5.13 Å². The first-order valence-electron chi connectivity index (χ1n) is 10.3. The zero-order valence-electron chi connectivity index (χ0n) is 18.4. The smallest absolute Gasteiger partial charge is 0.410 e. The molecular weight excluding hydrogens is 414 g/mol. The molecule has 1 aliphatic heterocycles. The van der Waals surface area contributed by atoms with Crippen molar-refractivity contribution >= 4 is 38.7 Å². The number of aromatic nitrogens is 3. The number of aryl methyl sites for hydroxylation is 2. The van der Waals surface area contributed by atoms with Crippen molar-refractivity contribution < 1.29 is 14.3 Å². The third-order valence-electron chi connectivity index (χ3n) is 5.25. The summed E-state index contributed by atoms with van der Waals surface area (Å²) in [6.45, 7) is 10.3. The van der Waals surface area contributed by atoms with Crippen LogP contribution in [-0.4, -0.2) is 50.8 Å². The number of rotatable bonds is 3. The van der Waals surface area contributed by atoms with Gasteiger partial charge in [0.25, 0.3) is 0 Å². The number of hydrogen-bond donors (Lipinski definition) is 2. The van der Waals surface area contributed by atoms with Crippen LogP contribution in [0.15, 0.2) is 18.2 Å². The summed E-state index contributed by atoms with van der Waals surface area (Å²) in [5.74, 6) is -0.391. The number of carbonyl (C=O) groups is 2. The Labute approximate surface area is 185 Å². The number of anilines is 1. The lowest BCUT2D eigenvalue weighted by atomic mass is 10.0. The number of amides is 2. The molecule has 0 radical (unpaired) electrons. The highest BCUT2D eigenvalue weighted by atomic mass is 32.1. The van der Waals surface area contributed by atoms with E-state index in [9.17, 15) is 9.59 Å². The second kappa shape index (κ2) is 7.96. The molecule has 4 rings (SSSR count). The first kappa shape index (κ1) is 21.3. The Morgan fingerprint density at radius 3 is 2.74 bits per heavy atom. The number of nitrogens with one attached hydrogen (secondary N) is 2.